The molecule has 42 valence electrons. The standard InChI is InChI=1S/C7H7Br/c1-2-3-4-5-6-7-8/h2,5-6H,1,7H2/b6-5-. The van der Waals surface area contributed by atoms with Crippen molar-refractivity contribution in [3.63, 3.8) is 0 Å². The molecule has 0 saturated heterocycles. The molecule has 0 aliphatic rings. The van der Waals surface area contributed by atoms with Crippen molar-refractivity contribution in [2.45, 2.75) is 0 Å². The largest absolute Gasteiger partial charge is 0.0906 e. The lowest BCUT2D eigenvalue weighted by Crippen LogP contribution is -1.54. The highest BCUT2D eigenvalue weighted by Gasteiger charge is 1.59. The van der Waals surface area contributed by atoms with Crippen LogP contribution >= 0.6 is 15.9 Å². The van der Waals surface area contributed by atoms with E-state index in [4.69, 9.17) is 0 Å². The van der Waals surface area contributed by atoms with E-state index in [0.29, 0.717) is 0 Å². The number of rotatable bonds is 1. The summed E-state index contributed by atoms with van der Waals surface area (Å²) >= 11 is 3.22. The molecule has 0 aliphatic carbocycles. The minimum absolute atomic E-state index is 0.860. The second kappa shape index (κ2) is 6.52. The van der Waals surface area contributed by atoms with Gasteiger partial charge in [0.2, 0.25) is 0 Å². The molecule has 0 aliphatic heterocycles. The summed E-state index contributed by atoms with van der Waals surface area (Å²) < 4.78 is 0. The van der Waals surface area contributed by atoms with Crippen LogP contribution in [0.5, 0.6) is 0 Å². The highest BCUT2D eigenvalue weighted by molar-refractivity contribution is 9.09. The number of halogens is 1. The fraction of sp³-hybridized carbons (Fsp3) is 0.143. The minimum Gasteiger partial charge on any atom is -0.0906 e. The van der Waals surface area contributed by atoms with Gasteiger partial charge in [0, 0.05) is 5.33 Å². The third-order valence-corrected chi connectivity index (χ3v) is 0.849. The molecule has 0 aromatic rings. The molecule has 0 radical (unpaired) electrons. The molecule has 1 heteroatoms. The van der Waals surface area contributed by atoms with Crippen LogP contribution in [0.2, 0.25) is 0 Å². The van der Waals surface area contributed by atoms with Crippen molar-refractivity contribution >= 4 is 15.9 Å². The van der Waals surface area contributed by atoms with Crippen LogP contribution in [-0.2, 0) is 0 Å². The lowest BCUT2D eigenvalue weighted by atomic mass is 10.5. The normalized spacial score (nSPS) is 8.12. The number of allylic oxidation sites excluding steroid dienone is 3. The van der Waals surface area contributed by atoms with Crippen molar-refractivity contribution in [1.29, 1.82) is 0 Å². The van der Waals surface area contributed by atoms with Gasteiger partial charge in [-0.3, -0.25) is 0 Å². The zero-order chi connectivity index (χ0) is 6.24. The molecule has 8 heavy (non-hydrogen) atoms. The van der Waals surface area contributed by atoms with E-state index in [0.717, 1.165) is 5.33 Å². The van der Waals surface area contributed by atoms with Gasteiger partial charge in [0.05, 0.1) is 0 Å². The quantitative estimate of drug-likeness (QED) is 0.418. The van der Waals surface area contributed by atoms with Crippen LogP contribution in [0.1, 0.15) is 0 Å². The summed E-state index contributed by atoms with van der Waals surface area (Å²) in [6.45, 7) is 3.44. The first-order valence-electron chi connectivity index (χ1n) is 2.24. The molecular formula is C7H7Br. The van der Waals surface area contributed by atoms with Crippen LogP contribution in [0.15, 0.2) is 24.8 Å². The molecule has 0 atom stereocenters. The Morgan fingerprint density at radius 1 is 1.50 bits per heavy atom. The summed E-state index contributed by atoms with van der Waals surface area (Å²) in [4.78, 5) is 0. The van der Waals surface area contributed by atoms with Gasteiger partial charge in [0.25, 0.3) is 0 Å². The maximum atomic E-state index is 3.44. The van der Waals surface area contributed by atoms with E-state index in [-0.39, 0.29) is 0 Å². The third-order valence-electron chi connectivity index (χ3n) is 0.476. The van der Waals surface area contributed by atoms with Crippen molar-refractivity contribution < 1.29 is 0 Å². The van der Waals surface area contributed by atoms with Gasteiger partial charge in [-0.05, 0) is 12.2 Å². The fourth-order valence-electron chi connectivity index (χ4n) is 0.211. The molecular weight excluding hydrogens is 164 g/mol. The summed E-state index contributed by atoms with van der Waals surface area (Å²) in [7, 11) is 0. The first-order valence-corrected chi connectivity index (χ1v) is 3.37. The third kappa shape index (κ3) is 5.52. The first-order chi connectivity index (χ1) is 3.91. The van der Waals surface area contributed by atoms with Crippen molar-refractivity contribution in [2.24, 2.45) is 0 Å². The molecule has 0 fully saturated rings. The summed E-state index contributed by atoms with van der Waals surface area (Å²) in [6, 6.07) is 0. The smallest absolute Gasteiger partial charge is 0.0221 e. The predicted octanol–water partition coefficient (Wildman–Crippen LogP) is 2.13. The maximum absolute atomic E-state index is 3.44. The lowest BCUT2D eigenvalue weighted by Gasteiger charge is -1.66. The summed E-state index contributed by atoms with van der Waals surface area (Å²) in [5.74, 6) is 5.45. The van der Waals surface area contributed by atoms with Gasteiger partial charge in [0.1, 0.15) is 0 Å². The predicted molar refractivity (Wildman–Crippen MR) is 40.9 cm³/mol. The Hall–Kier alpha value is -0.480. The van der Waals surface area contributed by atoms with Gasteiger partial charge >= 0.3 is 0 Å². The fourth-order valence-corrected chi connectivity index (χ4v) is 0.397. The molecule has 0 unspecified atom stereocenters. The summed E-state index contributed by atoms with van der Waals surface area (Å²) in [5, 5.41) is 0.860. The molecule has 0 aromatic heterocycles. The molecule has 0 heterocycles. The first kappa shape index (κ1) is 7.52. The topological polar surface area (TPSA) is 0 Å². The Morgan fingerprint density at radius 2 is 2.25 bits per heavy atom. The average Bonchev–Trinajstić information content (AvgIpc) is 1.81. The van der Waals surface area contributed by atoms with E-state index >= 15 is 0 Å². The van der Waals surface area contributed by atoms with Crippen LogP contribution in [0, 0.1) is 11.8 Å². The zero-order valence-corrected chi connectivity index (χ0v) is 6.11. The van der Waals surface area contributed by atoms with E-state index in [9.17, 15) is 0 Å². The molecule has 0 spiro atoms. The SMILES string of the molecule is C=CC#C/C=C\CBr. The van der Waals surface area contributed by atoms with Gasteiger partial charge in [-0.1, -0.05) is 40.4 Å². The van der Waals surface area contributed by atoms with E-state index in [1.165, 1.54) is 0 Å². The maximum Gasteiger partial charge on any atom is 0.0221 e. The van der Waals surface area contributed by atoms with E-state index in [1.54, 1.807) is 12.2 Å². The van der Waals surface area contributed by atoms with Crippen LogP contribution in [0.25, 0.3) is 0 Å². The van der Waals surface area contributed by atoms with E-state index in [2.05, 4.69) is 34.3 Å². The van der Waals surface area contributed by atoms with Gasteiger partial charge < -0.3 is 0 Å². The highest BCUT2D eigenvalue weighted by Crippen LogP contribution is 1.78. The molecule has 0 saturated carbocycles. The average molecular weight is 171 g/mol. The second-order valence-corrected chi connectivity index (χ2v) is 1.70. The Morgan fingerprint density at radius 3 is 2.75 bits per heavy atom. The second-order valence-electron chi connectivity index (χ2n) is 1.05. The summed E-state index contributed by atoms with van der Waals surface area (Å²) in [6.07, 6.45) is 5.28. The van der Waals surface area contributed by atoms with Gasteiger partial charge in [0.15, 0.2) is 0 Å². The van der Waals surface area contributed by atoms with Crippen molar-refractivity contribution in [3.8, 4) is 11.8 Å². The molecule has 0 N–H and O–H groups in total. The molecule has 0 rings (SSSR count). The van der Waals surface area contributed by atoms with Crippen LogP contribution < -0.4 is 0 Å². The molecule has 0 bridgehead atoms. The Balaban J connectivity index is 3.40. The molecule has 0 amide bonds. The monoisotopic (exact) mass is 170 g/mol. The number of alkyl halides is 1. The van der Waals surface area contributed by atoms with Crippen LogP contribution in [0.3, 0.4) is 0 Å². The van der Waals surface area contributed by atoms with Gasteiger partial charge in [-0.15, -0.1) is 0 Å². The summed E-state index contributed by atoms with van der Waals surface area (Å²) in [5.41, 5.74) is 0. The lowest BCUT2D eigenvalue weighted by molar-refractivity contribution is 1.82. The van der Waals surface area contributed by atoms with Crippen molar-refractivity contribution in [2.75, 3.05) is 5.33 Å². The molecule has 0 nitrogen and oxygen atoms in total. The zero-order valence-electron chi connectivity index (χ0n) is 4.52. The number of hydrogen-bond acceptors (Lipinski definition) is 0. The Bertz CT molecular complexity index is 134. The Kier molecular flexibility index (Phi) is 6.13. The van der Waals surface area contributed by atoms with Gasteiger partial charge in [-0.2, -0.15) is 0 Å². The highest BCUT2D eigenvalue weighted by atomic mass is 79.9. The molecule has 0 aromatic carbocycles. The number of hydrogen-bond donors (Lipinski definition) is 0. The van der Waals surface area contributed by atoms with Crippen molar-refractivity contribution in [1.82, 2.24) is 0 Å². The van der Waals surface area contributed by atoms with E-state index < -0.39 is 0 Å². The van der Waals surface area contributed by atoms with Crippen molar-refractivity contribution in [3.05, 3.63) is 24.8 Å². The van der Waals surface area contributed by atoms with Crippen LogP contribution in [-0.4, -0.2) is 5.33 Å². The van der Waals surface area contributed by atoms with E-state index in [1.807, 2.05) is 6.08 Å². The Labute approximate surface area is 58.4 Å². The van der Waals surface area contributed by atoms with Gasteiger partial charge in [-0.25, -0.2) is 0 Å². The van der Waals surface area contributed by atoms with Crippen LogP contribution in [0.4, 0.5) is 0 Å². The minimum atomic E-state index is 0.860.